The molecule has 0 aliphatic heterocycles. The first-order chi connectivity index (χ1) is 12.6. The lowest BCUT2D eigenvalue weighted by molar-refractivity contribution is 0.208. The Morgan fingerprint density at radius 3 is 3.00 bits per heavy atom. The van der Waals surface area contributed by atoms with Gasteiger partial charge in [0.25, 0.3) is 0 Å². The van der Waals surface area contributed by atoms with Crippen molar-refractivity contribution in [2.75, 3.05) is 20.7 Å². The summed E-state index contributed by atoms with van der Waals surface area (Å²) in [6.07, 6.45) is 4.35. The number of fused-ring (bicyclic) bond motifs is 1. The summed E-state index contributed by atoms with van der Waals surface area (Å²) in [5.41, 5.74) is 2.81. The number of nitrogens with zero attached hydrogens (tertiary/aromatic N) is 4. The molecule has 0 unspecified atom stereocenters. The van der Waals surface area contributed by atoms with Crippen molar-refractivity contribution < 1.29 is 9.53 Å². The van der Waals surface area contributed by atoms with Crippen LogP contribution in [-0.2, 0) is 19.5 Å². The normalized spacial score (nSPS) is 10.9. The molecule has 2 amide bonds. The van der Waals surface area contributed by atoms with E-state index in [4.69, 9.17) is 4.74 Å². The monoisotopic (exact) mass is 356 g/mol. The second-order valence-corrected chi connectivity index (χ2v) is 6.10. The van der Waals surface area contributed by atoms with Crippen molar-refractivity contribution in [1.29, 1.82) is 0 Å². The van der Waals surface area contributed by atoms with E-state index in [1.807, 2.05) is 36.0 Å². The molecule has 0 saturated carbocycles. The Labute approximate surface area is 152 Å². The Kier molecular flexibility index (Phi) is 5.40. The molecule has 1 aromatic carbocycles. The molecule has 2 aromatic heterocycles. The van der Waals surface area contributed by atoms with Crippen LogP contribution in [0.4, 0.5) is 4.79 Å². The third-order valence-corrected chi connectivity index (χ3v) is 4.22. The van der Waals surface area contributed by atoms with Gasteiger partial charge in [-0.2, -0.15) is 5.10 Å². The van der Waals surface area contributed by atoms with Crippen molar-refractivity contribution in [3.8, 4) is 5.75 Å². The van der Waals surface area contributed by atoms with Crippen LogP contribution in [0.5, 0.6) is 5.75 Å². The van der Waals surface area contributed by atoms with Crippen molar-refractivity contribution in [2.45, 2.75) is 26.4 Å². The number of hydrogen-bond donors (Lipinski definition) is 2. The van der Waals surface area contributed by atoms with Gasteiger partial charge in [-0.1, -0.05) is 0 Å². The molecule has 3 rings (SSSR count). The van der Waals surface area contributed by atoms with Gasteiger partial charge in [-0.25, -0.2) is 9.78 Å². The smallest absolute Gasteiger partial charge is 0.317 e. The highest BCUT2D eigenvalue weighted by Crippen LogP contribution is 2.18. The molecule has 2 N–H and O–H groups in total. The Morgan fingerprint density at radius 2 is 2.27 bits per heavy atom. The molecule has 2 heterocycles. The van der Waals surface area contributed by atoms with Gasteiger partial charge in [0.1, 0.15) is 11.6 Å². The fraction of sp³-hybridized carbons (Fsp3) is 0.389. The van der Waals surface area contributed by atoms with Crippen molar-refractivity contribution in [3.05, 3.63) is 42.0 Å². The number of hydrogen-bond acceptors (Lipinski definition) is 4. The number of methoxy groups -OCH3 is 1. The summed E-state index contributed by atoms with van der Waals surface area (Å²) < 4.78 is 7.05. The van der Waals surface area contributed by atoms with Gasteiger partial charge in [0, 0.05) is 50.9 Å². The van der Waals surface area contributed by atoms with E-state index in [1.54, 1.807) is 25.3 Å². The third kappa shape index (κ3) is 4.14. The van der Waals surface area contributed by atoms with Gasteiger partial charge < -0.3 is 19.9 Å². The minimum Gasteiger partial charge on any atom is -0.497 e. The van der Waals surface area contributed by atoms with E-state index in [0.717, 1.165) is 34.7 Å². The number of ether oxygens (including phenoxy) is 1. The molecule has 0 aliphatic carbocycles. The predicted molar refractivity (Wildman–Crippen MR) is 99.1 cm³/mol. The first-order valence-corrected chi connectivity index (χ1v) is 8.62. The van der Waals surface area contributed by atoms with Gasteiger partial charge in [0.05, 0.1) is 24.3 Å². The maximum Gasteiger partial charge on any atom is 0.317 e. The maximum atomic E-state index is 12.2. The summed E-state index contributed by atoms with van der Waals surface area (Å²) in [6.45, 7) is 3.87. The number of H-pyrrole nitrogens is 1. The average Bonchev–Trinajstić information content (AvgIpc) is 3.29. The maximum absolute atomic E-state index is 12.2. The molecule has 0 aliphatic rings. The molecule has 0 spiro atoms. The quantitative estimate of drug-likeness (QED) is 0.679. The molecular formula is C18H24N6O2. The molecular weight excluding hydrogens is 332 g/mol. The van der Waals surface area contributed by atoms with Crippen LogP contribution in [0.2, 0.25) is 0 Å². The second-order valence-electron chi connectivity index (χ2n) is 6.10. The summed E-state index contributed by atoms with van der Waals surface area (Å²) in [7, 11) is 3.41. The topological polar surface area (TPSA) is 88.1 Å². The number of urea groups is 1. The molecule has 8 nitrogen and oxygen atoms in total. The number of likely N-dealkylation sites (N-methyl/N-ethyl adjacent to an activating group) is 1. The van der Waals surface area contributed by atoms with Crippen LogP contribution in [0, 0.1) is 0 Å². The summed E-state index contributed by atoms with van der Waals surface area (Å²) in [5, 5.41) is 7.10. The van der Waals surface area contributed by atoms with Gasteiger partial charge in [0.2, 0.25) is 0 Å². The van der Waals surface area contributed by atoms with Gasteiger partial charge in [-0.3, -0.25) is 4.68 Å². The van der Waals surface area contributed by atoms with E-state index in [-0.39, 0.29) is 6.03 Å². The zero-order valence-electron chi connectivity index (χ0n) is 15.3. The number of aromatic amines is 1. The van der Waals surface area contributed by atoms with E-state index < -0.39 is 0 Å². The van der Waals surface area contributed by atoms with Crippen LogP contribution in [0.15, 0.2) is 30.6 Å². The fourth-order valence-electron chi connectivity index (χ4n) is 2.65. The highest BCUT2D eigenvalue weighted by Gasteiger charge is 2.10. The Morgan fingerprint density at radius 1 is 1.42 bits per heavy atom. The lowest BCUT2D eigenvalue weighted by Crippen LogP contribution is -2.38. The number of nitrogens with one attached hydrogen (secondary N) is 2. The largest absolute Gasteiger partial charge is 0.497 e. The molecule has 0 bridgehead atoms. The van der Waals surface area contributed by atoms with Crippen LogP contribution in [-0.4, -0.2) is 51.4 Å². The Hall–Kier alpha value is -3.03. The van der Waals surface area contributed by atoms with Gasteiger partial charge in [-0.15, -0.1) is 0 Å². The van der Waals surface area contributed by atoms with E-state index in [9.17, 15) is 4.79 Å². The predicted octanol–water partition coefficient (Wildman–Crippen LogP) is 2.17. The van der Waals surface area contributed by atoms with Crippen molar-refractivity contribution in [3.63, 3.8) is 0 Å². The highest BCUT2D eigenvalue weighted by atomic mass is 16.5. The van der Waals surface area contributed by atoms with Crippen molar-refractivity contribution >= 4 is 17.1 Å². The van der Waals surface area contributed by atoms with Crippen LogP contribution in [0.1, 0.15) is 18.3 Å². The van der Waals surface area contributed by atoms with Crippen LogP contribution in [0.25, 0.3) is 11.0 Å². The first kappa shape index (κ1) is 17.8. The second kappa shape index (κ2) is 7.90. The minimum absolute atomic E-state index is 0.118. The average molecular weight is 356 g/mol. The van der Waals surface area contributed by atoms with Crippen molar-refractivity contribution in [1.82, 2.24) is 30.0 Å². The number of rotatable bonds is 7. The molecule has 8 heteroatoms. The number of amides is 2. The van der Waals surface area contributed by atoms with Crippen LogP contribution >= 0.6 is 0 Å². The van der Waals surface area contributed by atoms with E-state index >= 15 is 0 Å². The van der Waals surface area contributed by atoms with Crippen molar-refractivity contribution in [2.24, 2.45) is 0 Å². The molecule has 0 saturated heterocycles. The van der Waals surface area contributed by atoms with Gasteiger partial charge in [-0.05, 0) is 19.1 Å². The number of carbonyl (C=O) groups excluding carboxylic acids is 1. The Bertz CT molecular complexity index is 885. The van der Waals surface area contributed by atoms with Gasteiger partial charge in [0.15, 0.2) is 0 Å². The van der Waals surface area contributed by atoms with E-state index in [1.165, 1.54) is 0 Å². The summed E-state index contributed by atoms with van der Waals surface area (Å²) in [4.78, 5) is 21.7. The number of carbonyl (C=O) groups is 1. The number of imidazole rings is 1. The Balaban J connectivity index is 1.51. The third-order valence-electron chi connectivity index (χ3n) is 4.22. The SMILES string of the molecule is CCn1cc(CNC(=O)N(C)CCc2nc3ccc(OC)cc3[nH]2)cn1. The lowest BCUT2D eigenvalue weighted by atomic mass is 10.3. The van der Waals surface area contributed by atoms with Crippen LogP contribution in [0.3, 0.4) is 0 Å². The molecule has 3 aromatic rings. The molecule has 26 heavy (non-hydrogen) atoms. The minimum atomic E-state index is -0.118. The highest BCUT2D eigenvalue weighted by molar-refractivity contribution is 5.77. The lowest BCUT2D eigenvalue weighted by Gasteiger charge is -2.17. The zero-order chi connectivity index (χ0) is 18.5. The zero-order valence-corrected chi connectivity index (χ0v) is 15.3. The summed E-state index contributed by atoms with van der Waals surface area (Å²) in [6, 6.07) is 5.60. The summed E-state index contributed by atoms with van der Waals surface area (Å²) in [5.74, 6) is 1.63. The number of aryl methyl sites for hydroxylation is 1. The number of benzene rings is 1. The van der Waals surface area contributed by atoms with Crippen LogP contribution < -0.4 is 10.1 Å². The number of aromatic nitrogens is 4. The summed E-state index contributed by atoms with van der Waals surface area (Å²) >= 11 is 0. The molecule has 0 atom stereocenters. The fourth-order valence-corrected chi connectivity index (χ4v) is 2.65. The first-order valence-electron chi connectivity index (χ1n) is 8.62. The standard InChI is InChI=1S/C18H24N6O2/c1-4-24-12-13(11-20-24)10-19-18(25)23(2)8-7-17-21-15-6-5-14(26-3)9-16(15)22-17/h5-6,9,11-12H,4,7-8,10H2,1-3H3,(H,19,25)(H,21,22). The van der Waals surface area contributed by atoms with E-state index in [2.05, 4.69) is 20.4 Å². The van der Waals surface area contributed by atoms with Gasteiger partial charge >= 0.3 is 6.03 Å². The molecule has 0 radical (unpaired) electrons. The molecule has 0 fully saturated rings. The van der Waals surface area contributed by atoms with E-state index in [0.29, 0.717) is 19.5 Å². The molecule has 138 valence electrons.